The number of nitrogens with zero attached hydrogens (tertiary/aromatic N) is 2. The Bertz CT molecular complexity index is 816. The van der Waals surface area contributed by atoms with E-state index in [0.29, 0.717) is 36.1 Å². The van der Waals surface area contributed by atoms with Crippen molar-refractivity contribution in [3.63, 3.8) is 0 Å². The summed E-state index contributed by atoms with van der Waals surface area (Å²) >= 11 is 2.79. The number of aliphatic hydroxyl groups is 1. The molecule has 2 heterocycles. The van der Waals surface area contributed by atoms with Gasteiger partial charge in [0, 0.05) is 24.1 Å². The van der Waals surface area contributed by atoms with Gasteiger partial charge in [-0.3, -0.25) is 0 Å². The summed E-state index contributed by atoms with van der Waals surface area (Å²) in [5.74, 6) is -1.35. The van der Waals surface area contributed by atoms with E-state index in [4.69, 9.17) is 15.6 Å². The first-order valence-corrected chi connectivity index (χ1v) is 10.1. The minimum Gasteiger partial charge on any atom is -0.394 e. The molecule has 1 aliphatic rings. The molecular formula is C17H20F2N4O2S2. The summed E-state index contributed by atoms with van der Waals surface area (Å²) in [6, 6.07) is 4.19. The predicted molar refractivity (Wildman–Crippen MR) is 104 cm³/mol. The number of nitrogens with two attached hydrogens (primary N) is 1. The van der Waals surface area contributed by atoms with E-state index in [1.807, 2.05) is 10.5 Å². The van der Waals surface area contributed by atoms with E-state index < -0.39 is 11.6 Å². The standard InChI is InChI=1S/C17H20F2N4O2S2/c18-12-3-1-2-11(15(12)19)10-26-23-8-13(21-4-6-25-7-5-24)16-14(9-23)27-17(20)22-16/h1-3,8,21,24H,4-7,9-10H2,(H2,20,22). The van der Waals surface area contributed by atoms with Gasteiger partial charge in [-0.25, -0.2) is 13.8 Å². The van der Waals surface area contributed by atoms with Crippen molar-refractivity contribution in [2.24, 2.45) is 0 Å². The molecule has 10 heteroatoms. The molecule has 1 aliphatic heterocycles. The third-order valence-electron chi connectivity index (χ3n) is 3.76. The van der Waals surface area contributed by atoms with Gasteiger partial charge in [-0.2, -0.15) is 0 Å². The van der Waals surface area contributed by atoms with Gasteiger partial charge in [0.05, 0.1) is 36.9 Å². The van der Waals surface area contributed by atoms with E-state index in [0.717, 1.165) is 22.3 Å². The molecule has 0 bridgehead atoms. The first-order chi connectivity index (χ1) is 13.1. The van der Waals surface area contributed by atoms with Crippen LogP contribution in [-0.4, -0.2) is 40.8 Å². The van der Waals surface area contributed by atoms with Crippen LogP contribution in [0.5, 0.6) is 0 Å². The highest BCUT2D eigenvalue weighted by molar-refractivity contribution is 7.96. The Morgan fingerprint density at radius 1 is 1.37 bits per heavy atom. The first kappa shape index (κ1) is 19.9. The molecule has 1 aromatic heterocycles. The summed E-state index contributed by atoms with van der Waals surface area (Å²) in [6.07, 6.45) is 1.88. The van der Waals surface area contributed by atoms with Gasteiger partial charge in [-0.05, 0) is 18.0 Å². The number of fused-ring (bicyclic) bond motifs is 1. The maximum atomic E-state index is 13.9. The number of benzene rings is 1. The van der Waals surface area contributed by atoms with E-state index >= 15 is 0 Å². The number of rotatable bonds is 9. The number of thiazole rings is 1. The second-order valence-electron chi connectivity index (χ2n) is 5.69. The maximum Gasteiger partial charge on any atom is 0.180 e. The molecule has 0 amide bonds. The van der Waals surface area contributed by atoms with Crippen LogP contribution in [0, 0.1) is 11.6 Å². The summed E-state index contributed by atoms with van der Waals surface area (Å²) in [4.78, 5) is 5.37. The Kier molecular flexibility index (Phi) is 6.89. The summed E-state index contributed by atoms with van der Waals surface area (Å²) < 4.78 is 34.4. The Morgan fingerprint density at radius 3 is 3.04 bits per heavy atom. The molecule has 3 rings (SSSR count). The summed E-state index contributed by atoms with van der Waals surface area (Å²) in [7, 11) is 0. The Hall–Kier alpha value is -1.88. The summed E-state index contributed by atoms with van der Waals surface area (Å²) in [5.41, 5.74) is 7.75. The Morgan fingerprint density at radius 2 is 2.22 bits per heavy atom. The highest BCUT2D eigenvalue weighted by Crippen LogP contribution is 2.34. The van der Waals surface area contributed by atoms with Crippen LogP contribution in [0.4, 0.5) is 13.9 Å². The molecule has 0 saturated heterocycles. The number of aliphatic hydroxyl groups excluding tert-OH is 1. The van der Waals surface area contributed by atoms with Crippen molar-refractivity contribution in [2.45, 2.75) is 12.3 Å². The minimum absolute atomic E-state index is 0.0173. The lowest BCUT2D eigenvalue weighted by Gasteiger charge is -2.25. The SMILES string of the molecule is Nc1nc2c(s1)CN(SCc1cccc(F)c1F)C=C2NCCOCCO. The molecule has 4 N–H and O–H groups in total. The van der Waals surface area contributed by atoms with Crippen molar-refractivity contribution in [3.8, 4) is 0 Å². The van der Waals surface area contributed by atoms with E-state index in [-0.39, 0.29) is 13.2 Å². The zero-order valence-electron chi connectivity index (χ0n) is 14.5. The number of anilines is 1. The third-order valence-corrected chi connectivity index (χ3v) is 5.63. The van der Waals surface area contributed by atoms with Crippen molar-refractivity contribution < 1.29 is 18.6 Å². The van der Waals surface area contributed by atoms with Crippen LogP contribution in [0.2, 0.25) is 0 Å². The van der Waals surface area contributed by atoms with E-state index in [9.17, 15) is 8.78 Å². The smallest absolute Gasteiger partial charge is 0.180 e. The molecule has 0 saturated carbocycles. The van der Waals surface area contributed by atoms with Gasteiger partial charge in [0.2, 0.25) is 0 Å². The number of aromatic nitrogens is 1. The van der Waals surface area contributed by atoms with Gasteiger partial charge in [-0.1, -0.05) is 23.5 Å². The van der Waals surface area contributed by atoms with Crippen LogP contribution < -0.4 is 11.1 Å². The first-order valence-electron chi connectivity index (χ1n) is 8.30. The maximum absolute atomic E-state index is 13.9. The van der Waals surface area contributed by atoms with Crippen LogP contribution in [0.25, 0.3) is 5.70 Å². The fourth-order valence-electron chi connectivity index (χ4n) is 2.53. The largest absolute Gasteiger partial charge is 0.394 e. The number of ether oxygens (including phenoxy) is 1. The zero-order chi connectivity index (χ0) is 19.2. The van der Waals surface area contributed by atoms with E-state index in [2.05, 4.69) is 10.3 Å². The van der Waals surface area contributed by atoms with Crippen LogP contribution in [0.1, 0.15) is 16.1 Å². The molecule has 1 aromatic carbocycles. The van der Waals surface area contributed by atoms with Crippen LogP contribution >= 0.6 is 23.3 Å². The normalized spacial score (nSPS) is 13.4. The fourth-order valence-corrected chi connectivity index (χ4v) is 4.38. The van der Waals surface area contributed by atoms with E-state index in [1.54, 1.807) is 6.07 Å². The summed E-state index contributed by atoms with van der Waals surface area (Å²) in [6.45, 7) is 1.83. The van der Waals surface area contributed by atoms with Gasteiger partial charge < -0.3 is 25.2 Å². The van der Waals surface area contributed by atoms with Crippen molar-refractivity contribution in [1.82, 2.24) is 14.6 Å². The molecule has 0 atom stereocenters. The fraction of sp³-hybridized carbons (Fsp3) is 0.353. The average molecular weight is 415 g/mol. The van der Waals surface area contributed by atoms with Crippen LogP contribution in [0.15, 0.2) is 24.4 Å². The molecule has 27 heavy (non-hydrogen) atoms. The van der Waals surface area contributed by atoms with Crippen LogP contribution in [0.3, 0.4) is 0 Å². The second-order valence-corrected chi connectivity index (χ2v) is 7.82. The molecule has 0 unspecified atom stereocenters. The number of hydrogen-bond acceptors (Lipinski definition) is 8. The van der Waals surface area contributed by atoms with Gasteiger partial charge >= 0.3 is 0 Å². The second kappa shape index (κ2) is 9.36. The molecule has 2 aromatic rings. The minimum atomic E-state index is -0.843. The van der Waals surface area contributed by atoms with Gasteiger partial charge in [0.1, 0.15) is 5.69 Å². The highest BCUT2D eigenvalue weighted by Gasteiger charge is 2.22. The summed E-state index contributed by atoms with van der Waals surface area (Å²) in [5, 5.41) is 12.5. The lowest BCUT2D eigenvalue weighted by molar-refractivity contribution is 0.0955. The van der Waals surface area contributed by atoms with Gasteiger partial charge in [-0.15, -0.1) is 0 Å². The zero-order valence-corrected chi connectivity index (χ0v) is 16.1. The lowest BCUT2D eigenvalue weighted by Crippen LogP contribution is -2.25. The molecule has 146 valence electrons. The van der Waals surface area contributed by atoms with Crippen LogP contribution in [-0.2, 0) is 17.0 Å². The van der Waals surface area contributed by atoms with Crippen molar-refractivity contribution in [2.75, 3.05) is 32.1 Å². The highest BCUT2D eigenvalue weighted by atomic mass is 32.2. The number of nitrogens with one attached hydrogen (secondary N) is 1. The average Bonchev–Trinajstić information content (AvgIpc) is 3.03. The monoisotopic (exact) mass is 414 g/mol. The molecule has 0 fully saturated rings. The van der Waals surface area contributed by atoms with Crippen molar-refractivity contribution in [1.29, 1.82) is 0 Å². The molecule has 0 aliphatic carbocycles. The number of halogens is 2. The Labute approximate surface area is 164 Å². The lowest BCUT2D eigenvalue weighted by atomic mass is 10.2. The number of nitrogen functional groups attached to an aromatic ring is 1. The molecule has 0 spiro atoms. The van der Waals surface area contributed by atoms with E-state index in [1.165, 1.54) is 29.4 Å². The predicted octanol–water partition coefficient (Wildman–Crippen LogP) is 2.56. The van der Waals surface area contributed by atoms with Crippen molar-refractivity contribution >= 4 is 34.1 Å². The van der Waals surface area contributed by atoms with Gasteiger partial charge in [0.15, 0.2) is 16.8 Å². The van der Waals surface area contributed by atoms with Crippen molar-refractivity contribution in [3.05, 3.63) is 52.2 Å². The van der Waals surface area contributed by atoms with Gasteiger partial charge in [0.25, 0.3) is 0 Å². The quantitative estimate of drug-likeness (QED) is 0.430. The number of hydrogen-bond donors (Lipinski definition) is 3. The topological polar surface area (TPSA) is 83.6 Å². The molecule has 6 nitrogen and oxygen atoms in total. The third kappa shape index (κ3) is 5.10. The molecule has 0 radical (unpaired) electrons. The molecular weight excluding hydrogens is 394 g/mol. The Balaban J connectivity index is 1.66.